The van der Waals surface area contributed by atoms with Crippen LogP contribution in [-0.2, 0) is 12.0 Å². The molecule has 2 fully saturated rings. The maximum atomic E-state index is 13.1. The Hall–Kier alpha value is -2.65. The Morgan fingerprint density at radius 2 is 2.24 bits per heavy atom. The van der Waals surface area contributed by atoms with Crippen LogP contribution in [0.3, 0.4) is 0 Å². The van der Waals surface area contributed by atoms with E-state index in [4.69, 9.17) is 0 Å². The van der Waals surface area contributed by atoms with Gasteiger partial charge in [-0.1, -0.05) is 0 Å². The Morgan fingerprint density at radius 1 is 1.34 bits per heavy atom. The van der Waals surface area contributed by atoms with E-state index in [1.165, 1.54) is 4.88 Å². The topological polar surface area (TPSA) is 90.9 Å². The molecule has 9 heteroatoms. The largest absolute Gasteiger partial charge is 0.337 e. The number of aromatic amines is 1. The van der Waals surface area contributed by atoms with Crippen molar-refractivity contribution in [1.29, 1.82) is 0 Å². The molecule has 5 heterocycles. The highest BCUT2D eigenvalue weighted by molar-refractivity contribution is 7.09. The third-order valence-corrected chi connectivity index (χ3v) is 7.05. The van der Waals surface area contributed by atoms with Crippen molar-refractivity contribution in [1.82, 2.24) is 34.9 Å². The van der Waals surface area contributed by atoms with E-state index in [1.54, 1.807) is 29.8 Å². The lowest BCUT2D eigenvalue weighted by atomic mass is 9.80. The zero-order valence-electron chi connectivity index (χ0n) is 16.5. The number of hydrogen-bond acceptors (Lipinski definition) is 7. The normalized spacial score (nSPS) is 24.2. The molecule has 3 aromatic heterocycles. The third-order valence-electron chi connectivity index (χ3n) is 6.13. The molecule has 150 valence electrons. The summed E-state index contributed by atoms with van der Waals surface area (Å²) < 4.78 is 0. The molecule has 0 aliphatic carbocycles. The number of rotatable bonds is 4. The van der Waals surface area contributed by atoms with Gasteiger partial charge in [0, 0.05) is 55.9 Å². The van der Waals surface area contributed by atoms with Crippen LogP contribution in [0.1, 0.15) is 32.6 Å². The molecule has 2 atom stereocenters. The van der Waals surface area contributed by atoms with Gasteiger partial charge in [-0.25, -0.2) is 9.97 Å². The Balaban J connectivity index is 1.42. The molecule has 0 spiro atoms. The highest BCUT2D eigenvalue weighted by atomic mass is 32.1. The molecular weight excluding hydrogens is 386 g/mol. The Morgan fingerprint density at radius 3 is 2.93 bits per heavy atom. The monoisotopic (exact) mass is 409 g/mol. The fourth-order valence-electron chi connectivity index (χ4n) is 4.68. The molecule has 2 saturated heterocycles. The van der Waals surface area contributed by atoms with E-state index >= 15 is 0 Å². The maximum Gasteiger partial charge on any atom is 0.255 e. The molecule has 0 saturated carbocycles. The van der Waals surface area contributed by atoms with E-state index in [-0.39, 0.29) is 11.3 Å². The number of pyridine rings is 1. The molecule has 0 unspecified atom stereocenters. The zero-order chi connectivity index (χ0) is 20.0. The molecule has 8 nitrogen and oxygen atoms in total. The predicted octanol–water partition coefficient (Wildman–Crippen LogP) is 1.80. The maximum absolute atomic E-state index is 13.1. The van der Waals surface area contributed by atoms with Crippen LogP contribution in [0.15, 0.2) is 30.0 Å². The molecule has 5 rings (SSSR count). The smallest absolute Gasteiger partial charge is 0.255 e. The minimum absolute atomic E-state index is 0.0315. The van der Waals surface area contributed by atoms with Crippen molar-refractivity contribution in [3.8, 4) is 0 Å². The van der Waals surface area contributed by atoms with Gasteiger partial charge in [0.2, 0.25) is 0 Å². The van der Waals surface area contributed by atoms with E-state index in [2.05, 4.69) is 37.0 Å². The van der Waals surface area contributed by atoms with Gasteiger partial charge in [-0.15, -0.1) is 11.3 Å². The van der Waals surface area contributed by atoms with Gasteiger partial charge >= 0.3 is 0 Å². The number of nitrogens with one attached hydrogen (secondary N) is 1. The van der Waals surface area contributed by atoms with Gasteiger partial charge in [0.15, 0.2) is 5.82 Å². The van der Waals surface area contributed by atoms with Crippen LogP contribution in [0.25, 0.3) is 0 Å². The van der Waals surface area contributed by atoms with E-state index in [1.807, 2.05) is 23.4 Å². The number of hydrogen-bond donors (Lipinski definition) is 1. The summed E-state index contributed by atoms with van der Waals surface area (Å²) in [5.74, 6) is 1.96. The lowest BCUT2D eigenvalue weighted by molar-refractivity contribution is 0.0768. The van der Waals surface area contributed by atoms with Gasteiger partial charge < -0.3 is 4.90 Å². The minimum atomic E-state index is -0.249. The summed E-state index contributed by atoms with van der Waals surface area (Å²) in [5, 5.41) is 7.52. The summed E-state index contributed by atoms with van der Waals surface area (Å²) in [6.45, 7) is 7.95. The number of amides is 1. The first-order valence-corrected chi connectivity index (χ1v) is 10.6. The molecule has 0 aromatic carbocycles. The molecule has 0 radical (unpaired) electrons. The molecule has 3 aromatic rings. The second-order valence-corrected chi connectivity index (χ2v) is 8.99. The quantitative estimate of drug-likeness (QED) is 0.707. The molecule has 2 aliphatic rings. The first kappa shape index (κ1) is 18.4. The number of H-pyrrole nitrogens is 1. The number of aromatic nitrogens is 5. The summed E-state index contributed by atoms with van der Waals surface area (Å²) in [6, 6.07) is 3.63. The Kier molecular flexibility index (Phi) is 4.44. The minimum Gasteiger partial charge on any atom is -0.337 e. The van der Waals surface area contributed by atoms with Crippen LogP contribution in [0.5, 0.6) is 0 Å². The Labute approximate surface area is 173 Å². The highest BCUT2D eigenvalue weighted by Gasteiger charge is 2.56. The average Bonchev–Trinajstić information content (AvgIpc) is 3.47. The van der Waals surface area contributed by atoms with E-state index in [0.29, 0.717) is 24.6 Å². The fraction of sp³-hybridized carbons (Fsp3) is 0.450. The van der Waals surface area contributed by atoms with Crippen molar-refractivity contribution in [3.63, 3.8) is 0 Å². The summed E-state index contributed by atoms with van der Waals surface area (Å²) in [5.41, 5.74) is 3.39. The molecular formula is C20H23N7OS. The summed E-state index contributed by atoms with van der Waals surface area (Å²) in [6.07, 6.45) is 3.33. The number of nitrogens with zero attached hydrogens (tertiary/aromatic N) is 6. The highest BCUT2D eigenvalue weighted by Crippen LogP contribution is 2.44. The lowest BCUT2D eigenvalue weighted by Crippen LogP contribution is -2.40. The zero-order valence-corrected chi connectivity index (χ0v) is 17.3. The van der Waals surface area contributed by atoms with Gasteiger partial charge in [0.1, 0.15) is 5.82 Å². The Bertz CT molecular complexity index is 1030. The third kappa shape index (κ3) is 3.14. The van der Waals surface area contributed by atoms with Crippen molar-refractivity contribution in [3.05, 3.63) is 57.8 Å². The van der Waals surface area contributed by atoms with Crippen LogP contribution in [0.2, 0.25) is 0 Å². The number of aryl methyl sites for hydroxylation is 2. The second-order valence-electron chi connectivity index (χ2n) is 8.06. The van der Waals surface area contributed by atoms with Crippen LogP contribution in [0, 0.1) is 19.8 Å². The number of thiazole rings is 1. The van der Waals surface area contributed by atoms with Crippen LogP contribution >= 0.6 is 11.3 Å². The van der Waals surface area contributed by atoms with Crippen molar-refractivity contribution in [2.45, 2.75) is 25.8 Å². The predicted molar refractivity (Wildman–Crippen MR) is 109 cm³/mol. The average molecular weight is 410 g/mol. The first-order chi connectivity index (χ1) is 14.0. The van der Waals surface area contributed by atoms with E-state index in [9.17, 15) is 4.79 Å². The van der Waals surface area contributed by atoms with Crippen molar-refractivity contribution in [2.75, 3.05) is 26.2 Å². The lowest BCUT2D eigenvalue weighted by Gasteiger charge is -2.26. The van der Waals surface area contributed by atoms with Crippen LogP contribution < -0.4 is 0 Å². The molecule has 1 N–H and O–H groups in total. The van der Waals surface area contributed by atoms with Gasteiger partial charge in [0.05, 0.1) is 22.2 Å². The van der Waals surface area contributed by atoms with Crippen molar-refractivity contribution < 1.29 is 4.79 Å². The summed E-state index contributed by atoms with van der Waals surface area (Å²) in [7, 11) is 0. The van der Waals surface area contributed by atoms with Crippen molar-refractivity contribution >= 4 is 17.2 Å². The van der Waals surface area contributed by atoms with Crippen LogP contribution in [-0.4, -0.2) is 67.0 Å². The van der Waals surface area contributed by atoms with Crippen LogP contribution in [0.4, 0.5) is 0 Å². The van der Waals surface area contributed by atoms with Gasteiger partial charge in [-0.3, -0.25) is 19.8 Å². The van der Waals surface area contributed by atoms with Gasteiger partial charge in [0.25, 0.3) is 5.91 Å². The molecule has 2 aliphatic heterocycles. The number of carbonyl (C=O) groups excluding carboxylic acids is 1. The molecule has 1 amide bonds. The van der Waals surface area contributed by atoms with Crippen molar-refractivity contribution in [2.24, 2.45) is 5.92 Å². The SMILES string of the molecule is Cc1nc([C@@]23CN(Cc4scnc4C)C[C@@H]2CN(C(=O)c2cccnc2)C3)n[nH]1. The molecule has 29 heavy (non-hydrogen) atoms. The number of carbonyl (C=O) groups is 1. The standard InChI is InChI=1S/C20H23N7OS/c1-13-17(29-12-22-13)9-26-7-16-8-27(18(28)15-4-3-5-21-6-15)11-20(16,10-26)19-23-14(2)24-25-19/h3-6,12,16H,7-11H2,1-2H3,(H,23,24,25)/t16-,20-/m1/s1. The van der Waals surface area contributed by atoms with Gasteiger partial charge in [-0.05, 0) is 26.0 Å². The summed E-state index contributed by atoms with van der Waals surface area (Å²) >= 11 is 1.70. The summed E-state index contributed by atoms with van der Waals surface area (Å²) in [4.78, 5) is 31.9. The number of fused-ring (bicyclic) bond motifs is 1. The van der Waals surface area contributed by atoms with E-state index < -0.39 is 0 Å². The second kappa shape index (κ2) is 7.00. The fourth-order valence-corrected chi connectivity index (χ4v) is 5.50. The van der Waals surface area contributed by atoms with Gasteiger partial charge in [-0.2, -0.15) is 5.10 Å². The number of likely N-dealkylation sites (tertiary alicyclic amines) is 2. The van der Waals surface area contributed by atoms with E-state index in [0.717, 1.165) is 37.0 Å². The molecule has 0 bridgehead atoms. The first-order valence-electron chi connectivity index (χ1n) is 9.75.